The second kappa shape index (κ2) is 6.48. The third-order valence-corrected chi connectivity index (χ3v) is 3.57. The van der Waals surface area contributed by atoms with E-state index < -0.39 is 11.4 Å². The van der Waals surface area contributed by atoms with Gasteiger partial charge < -0.3 is 9.47 Å². The molecule has 0 amide bonds. The van der Waals surface area contributed by atoms with Gasteiger partial charge in [-0.25, -0.2) is 0 Å². The Morgan fingerprint density at radius 1 is 1.37 bits per heavy atom. The number of hydrogen-bond acceptors (Lipinski definition) is 5. The van der Waals surface area contributed by atoms with E-state index in [2.05, 4.69) is 4.90 Å². The molecule has 0 aliphatic carbocycles. The summed E-state index contributed by atoms with van der Waals surface area (Å²) in [6.07, 6.45) is 0.120. The van der Waals surface area contributed by atoms with Gasteiger partial charge in [-0.05, 0) is 34.6 Å². The molecule has 0 aromatic rings. The van der Waals surface area contributed by atoms with Gasteiger partial charge in [0.2, 0.25) is 0 Å². The smallest absolute Gasteiger partial charge is 0.319 e. The van der Waals surface area contributed by atoms with E-state index >= 15 is 0 Å². The van der Waals surface area contributed by atoms with Gasteiger partial charge in [0.25, 0.3) is 0 Å². The molecule has 5 heteroatoms. The predicted octanol–water partition coefficient (Wildman–Crippen LogP) is 1.25. The van der Waals surface area contributed by atoms with E-state index in [0.717, 1.165) is 0 Å². The molecule has 2 unspecified atom stereocenters. The van der Waals surface area contributed by atoms with Crippen LogP contribution in [0.25, 0.3) is 0 Å². The first kappa shape index (κ1) is 16.1. The van der Waals surface area contributed by atoms with Gasteiger partial charge in [-0.15, -0.1) is 0 Å². The number of Topliss-reactive ketones (excluding diaryl/α,β-unsaturated/α-hetero) is 1. The summed E-state index contributed by atoms with van der Waals surface area (Å²) < 4.78 is 10.5. The number of carbonyl (C=O) groups excluding carboxylic acids is 2. The van der Waals surface area contributed by atoms with Gasteiger partial charge in [0.05, 0.1) is 25.9 Å². The van der Waals surface area contributed by atoms with Gasteiger partial charge in [-0.3, -0.25) is 14.5 Å². The predicted molar refractivity (Wildman–Crippen MR) is 71.9 cm³/mol. The largest absolute Gasteiger partial charge is 0.465 e. The summed E-state index contributed by atoms with van der Waals surface area (Å²) in [5, 5.41) is 0. The molecule has 1 saturated heterocycles. The highest BCUT2D eigenvalue weighted by atomic mass is 16.5. The lowest BCUT2D eigenvalue weighted by Gasteiger charge is -2.37. The van der Waals surface area contributed by atoms with Crippen LogP contribution in [0.3, 0.4) is 0 Å². The molecule has 19 heavy (non-hydrogen) atoms. The summed E-state index contributed by atoms with van der Waals surface area (Å²) >= 11 is 0. The Balaban J connectivity index is 2.64. The second-order valence-corrected chi connectivity index (χ2v) is 5.69. The molecule has 2 atom stereocenters. The van der Waals surface area contributed by atoms with Crippen LogP contribution in [-0.4, -0.2) is 55.1 Å². The number of nitrogens with zero attached hydrogens (tertiary/aromatic N) is 1. The second-order valence-electron chi connectivity index (χ2n) is 5.69. The van der Waals surface area contributed by atoms with Crippen molar-refractivity contribution in [2.24, 2.45) is 5.41 Å². The molecule has 5 nitrogen and oxygen atoms in total. The molecule has 1 rings (SSSR count). The quantitative estimate of drug-likeness (QED) is 0.556. The highest BCUT2D eigenvalue weighted by molar-refractivity contribution is 6.03. The van der Waals surface area contributed by atoms with E-state index in [-0.39, 0.29) is 24.5 Å². The van der Waals surface area contributed by atoms with Crippen LogP contribution in [0.1, 0.15) is 34.6 Å². The lowest BCUT2D eigenvalue weighted by Crippen LogP contribution is -2.51. The molecule has 0 radical (unpaired) electrons. The van der Waals surface area contributed by atoms with Crippen LogP contribution in [0, 0.1) is 5.41 Å². The molecular formula is C14H25NO4. The van der Waals surface area contributed by atoms with Crippen LogP contribution in [0.15, 0.2) is 0 Å². The molecule has 0 aromatic carbocycles. The van der Waals surface area contributed by atoms with Gasteiger partial charge >= 0.3 is 5.97 Å². The maximum absolute atomic E-state index is 12.3. The number of carbonyl (C=O) groups is 2. The Kier molecular flexibility index (Phi) is 5.50. The number of morpholine rings is 1. The van der Waals surface area contributed by atoms with Crippen molar-refractivity contribution in [1.82, 2.24) is 4.90 Å². The fourth-order valence-corrected chi connectivity index (χ4v) is 2.00. The minimum Gasteiger partial charge on any atom is -0.465 e. The Morgan fingerprint density at radius 2 is 2.00 bits per heavy atom. The molecular weight excluding hydrogens is 246 g/mol. The standard InChI is InChI=1S/C14H25NO4/c1-6-18-13(17)14(4,5)12(16)8-15-7-11(3)19-9-10(15)2/h10-11H,6-9H2,1-5H3. The molecule has 1 fully saturated rings. The minimum atomic E-state index is -1.09. The summed E-state index contributed by atoms with van der Waals surface area (Å²) in [5.41, 5.74) is -1.09. The third-order valence-electron chi connectivity index (χ3n) is 3.57. The highest BCUT2D eigenvalue weighted by Gasteiger charge is 2.39. The molecule has 110 valence electrons. The van der Waals surface area contributed by atoms with Crippen LogP contribution < -0.4 is 0 Å². The maximum atomic E-state index is 12.3. The summed E-state index contributed by atoms with van der Waals surface area (Å²) in [4.78, 5) is 26.2. The topological polar surface area (TPSA) is 55.8 Å². The number of rotatable bonds is 5. The fraction of sp³-hybridized carbons (Fsp3) is 0.857. The van der Waals surface area contributed by atoms with Crippen LogP contribution in [0.2, 0.25) is 0 Å². The molecule has 1 aliphatic heterocycles. The van der Waals surface area contributed by atoms with Crippen molar-refractivity contribution in [3.63, 3.8) is 0 Å². The number of ether oxygens (including phenoxy) is 2. The van der Waals surface area contributed by atoms with Crippen molar-refractivity contribution in [1.29, 1.82) is 0 Å². The molecule has 0 N–H and O–H groups in total. The maximum Gasteiger partial charge on any atom is 0.319 e. The monoisotopic (exact) mass is 271 g/mol. The van der Waals surface area contributed by atoms with Crippen LogP contribution >= 0.6 is 0 Å². The van der Waals surface area contributed by atoms with Crippen molar-refractivity contribution >= 4 is 11.8 Å². The highest BCUT2D eigenvalue weighted by Crippen LogP contribution is 2.21. The number of esters is 1. The fourth-order valence-electron chi connectivity index (χ4n) is 2.00. The van der Waals surface area contributed by atoms with E-state index in [1.165, 1.54) is 0 Å². The Labute approximate surface area is 115 Å². The first-order chi connectivity index (χ1) is 8.78. The Bertz CT molecular complexity index is 340. The molecule has 0 bridgehead atoms. The van der Waals surface area contributed by atoms with Gasteiger partial charge in [0.15, 0.2) is 5.78 Å². The van der Waals surface area contributed by atoms with Crippen molar-refractivity contribution < 1.29 is 19.1 Å². The number of hydrogen-bond donors (Lipinski definition) is 0. The van der Waals surface area contributed by atoms with Gasteiger partial charge in [0, 0.05) is 12.6 Å². The van der Waals surface area contributed by atoms with E-state index in [9.17, 15) is 9.59 Å². The van der Waals surface area contributed by atoms with Crippen molar-refractivity contribution in [2.75, 3.05) is 26.3 Å². The molecule has 1 heterocycles. The van der Waals surface area contributed by atoms with Crippen molar-refractivity contribution in [2.45, 2.75) is 46.8 Å². The van der Waals surface area contributed by atoms with Crippen molar-refractivity contribution in [3.05, 3.63) is 0 Å². The Hall–Kier alpha value is -0.940. The third kappa shape index (κ3) is 4.01. The van der Waals surface area contributed by atoms with Crippen LogP contribution in [-0.2, 0) is 19.1 Å². The summed E-state index contributed by atoms with van der Waals surface area (Å²) in [7, 11) is 0. The van der Waals surface area contributed by atoms with Gasteiger partial charge in [0.1, 0.15) is 5.41 Å². The zero-order valence-electron chi connectivity index (χ0n) is 12.6. The SMILES string of the molecule is CCOC(=O)C(C)(C)C(=O)CN1CC(C)OCC1C. The van der Waals surface area contributed by atoms with E-state index in [4.69, 9.17) is 9.47 Å². The molecule has 0 saturated carbocycles. The average Bonchev–Trinajstić information content (AvgIpc) is 2.34. The summed E-state index contributed by atoms with van der Waals surface area (Å²) in [6.45, 7) is 10.9. The summed E-state index contributed by atoms with van der Waals surface area (Å²) in [6, 6.07) is 0.193. The van der Waals surface area contributed by atoms with Gasteiger partial charge in [-0.2, -0.15) is 0 Å². The molecule has 0 spiro atoms. The first-order valence-corrected chi connectivity index (χ1v) is 6.85. The van der Waals surface area contributed by atoms with Crippen LogP contribution in [0.5, 0.6) is 0 Å². The lowest BCUT2D eigenvalue weighted by molar-refractivity contribution is -0.159. The van der Waals surface area contributed by atoms with E-state index in [1.54, 1.807) is 20.8 Å². The number of ketones is 1. The lowest BCUT2D eigenvalue weighted by atomic mass is 9.87. The summed E-state index contributed by atoms with van der Waals surface area (Å²) in [5.74, 6) is -0.555. The van der Waals surface area contributed by atoms with Gasteiger partial charge in [-0.1, -0.05) is 0 Å². The van der Waals surface area contributed by atoms with E-state index in [1.807, 2.05) is 13.8 Å². The van der Waals surface area contributed by atoms with Crippen LogP contribution in [0.4, 0.5) is 0 Å². The minimum absolute atomic E-state index is 0.105. The van der Waals surface area contributed by atoms with E-state index in [0.29, 0.717) is 19.8 Å². The van der Waals surface area contributed by atoms with Crippen molar-refractivity contribution in [3.8, 4) is 0 Å². The average molecular weight is 271 g/mol. The first-order valence-electron chi connectivity index (χ1n) is 6.85. The molecule has 0 aromatic heterocycles. The normalized spacial score (nSPS) is 25.1. The molecule has 1 aliphatic rings. The zero-order valence-corrected chi connectivity index (χ0v) is 12.6. The zero-order chi connectivity index (χ0) is 14.6. The Morgan fingerprint density at radius 3 is 2.58 bits per heavy atom.